The first-order valence-electron chi connectivity index (χ1n) is 5.77. The van der Waals surface area contributed by atoms with Gasteiger partial charge in [0.05, 0.1) is 12.2 Å². The van der Waals surface area contributed by atoms with Crippen LogP contribution in [-0.2, 0) is 0 Å². The first-order valence-corrected chi connectivity index (χ1v) is 5.77. The van der Waals surface area contributed by atoms with Crippen molar-refractivity contribution in [2.24, 2.45) is 5.92 Å². The SMILES string of the molecule is CC(C)C(C)O.CCCCCC(C)O. The summed E-state index contributed by atoms with van der Waals surface area (Å²) in [7, 11) is 0. The van der Waals surface area contributed by atoms with Gasteiger partial charge >= 0.3 is 0 Å². The third-order valence-electron chi connectivity index (χ3n) is 2.19. The van der Waals surface area contributed by atoms with Crippen LogP contribution >= 0.6 is 0 Å². The van der Waals surface area contributed by atoms with Crippen LogP contribution in [-0.4, -0.2) is 22.4 Å². The summed E-state index contributed by atoms with van der Waals surface area (Å²) in [5.41, 5.74) is 0. The van der Waals surface area contributed by atoms with Crippen molar-refractivity contribution in [1.82, 2.24) is 0 Å². The molecule has 0 aromatic rings. The van der Waals surface area contributed by atoms with Crippen LogP contribution in [0.15, 0.2) is 0 Å². The molecule has 0 saturated heterocycles. The number of hydrogen-bond donors (Lipinski definition) is 2. The Balaban J connectivity index is 0. The molecule has 2 unspecified atom stereocenters. The molecule has 0 aliphatic carbocycles. The Bertz CT molecular complexity index is 92.5. The van der Waals surface area contributed by atoms with Gasteiger partial charge in [0.15, 0.2) is 0 Å². The van der Waals surface area contributed by atoms with Crippen molar-refractivity contribution >= 4 is 0 Å². The van der Waals surface area contributed by atoms with Crippen molar-refractivity contribution in [1.29, 1.82) is 0 Å². The van der Waals surface area contributed by atoms with Gasteiger partial charge in [-0.1, -0.05) is 40.0 Å². The summed E-state index contributed by atoms with van der Waals surface area (Å²) in [5, 5.41) is 17.4. The normalized spacial score (nSPS) is 14.6. The molecule has 0 aromatic carbocycles. The number of rotatable bonds is 5. The molecular formula is C12H28O2. The number of aliphatic hydroxyl groups is 2. The van der Waals surface area contributed by atoms with E-state index in [0.717, 1.165) is 6.42 Å². The zero-order chi connectivity index (χ0) is 11.6. The van der Waals surface area contributed by atoms with Gasteiger partial charge in [0.25, 0.3) is 0 Å². The van der Waals surface area contributed by atoms with Gasteiger partial charge in [-0.2, -0.15) is 0 Å². The topological polar surface area (TPSA) is 40.5 Å². The number of aliphatic hydroxyl groups excluding tert-OH is 2. The van der Waals surface area contributed by atoms with Gasteiger partial charge in [-0.15, -0.1) is 0 Å². The van der Waals surface area contributed by atoms with E-state index >= 15 is 0 Å². The second-order valence-corrected chi connectivity index (χ2v) is 4.33. The summed E-state index contributed by atoms with van der Waals surface area (Å²) in [5.74, 6) is 0.407. The van der Waals surface area contributed by atoms with E-state index < -0.39 is 0 Å². The van der Waals surface area contributed by atoms with Crippen LogP contribution in [0.3, 0.4) is 0 Å². The number of hydrogen-bond acceptors (Lipinski definition) is 2. The largest absolute Gasteiger partial charge is 0.393 e. The van der Waals surface area contributed by atoms with Crippen molar-refractivity contribution in [3.63, 3.8) is 0 Å². The molecule has 0 aromatic heterocycles. The molecule has 0 spiro atoms. The van der Waals surface area contributed by atoms with Crippen molar-refractivity contribution in [2.75, 3.05) is 0 Å². The molecule has 0 aliphatic rings. The minimum atomic E-state index is -0.148. The van der Waals surface area contributed by atoms with Crippen LogP contribution in [0.25, 0.3) is 0 Å². The Morgan fingerprint density at radius 2 is 1.36 bits per heavy atom. The highest BCUT2D eigenvalue weighted by molar-refractivity contribution is 4.48. The Morgan fingerprint density at radius 1 is 0.929 bits per heavy atom. The van der Waals surface area contributed by atoms with Crippen LogP contribution < -0.4 is 0 Å². The fraction of sp³-hybridized carbons (Fsp3) is 1.00. The van der Waals surface area contributed by atoms with Gasteiger partial charge in [0.2, 0.25) is 0 Å². The van der Waals surface area contributed by atoms with Crippen molar-refractivity contribution in [2.45, 2.75) is 72.5 Å². The monoisotopic (exact) mass is 204 g/mol. The van der Waals surface area contributed by atoms with Gasteiger partial charge < -0.3 is 10.2 Å². The minimum Gasteiger partial charge on any atom is -0.393 e. The molecule has 0 radical (unpaired) electrons. The average molecular weight is 204 g/mol. The predicted octanol–water partition coefficient (Wildman–Crippen LogP) is 2.97. The summed E-state index contributed by atoms with van der Waals surface area (Å²) < 4.78 is 0. The van der Waals surface area contributed by atoms with Crippen molar-refractivity contribution < 1.29 is 10.2 Å². The van der Waals surface area contributed by atoms with Crippen molar-refractivity contribution in [3.05, 3.63) is 0 Å². The Hall–Kier alpha value is -0.0800. The minimum absolute atomic E-state index is 0.0958. The van der Waals surface area contributed by atoms with Crippen LogP contribution in [0.2, 0.25) is 0 Å². The van der Waals surface area contributed by atoms with E-state index in [0.29, 0.717) is 5.92 Å². The Morgan fingerprint density at radius 3 is 1.57 bits per heavy atom. The fourth-order valence-electron chi connectivity index (χ4n) is 0.690. The fourth-order valence-corrected chi connectivity index (χ4v) is 0.690. The van der Waals surface area contributed by atoms with Gasteiger partial charge in [-0.3, -0.25) is 0 Å². The van der Waals surface area contributed by atoms with Gasteiger partial charge in [0.1, 0.15) is 0 Å². The molecule has 0 heterocycles. The highest BCUT2D eigenvalue weighted by atomic mass is 16.3. The van der Waals surface area contributed by atoms with Gasteiger partial charge in [-0.25, -0.2) is 0 Å². The van der Waals surface area contributed by atoms with Crippen LogP contribution in [0.5, 0.6) is 0 Å². The third-order valence-corrected chi connectivity index (χ3v) is 2.19. The molecule has 88 valence electrons. The maximum atomic E-state index is 8.78. The van der Waals surface area contributed by atoms with E-state index in [-0.39, 0.29) is 12.2 Å². The standard InChI is InChI=1S/C7H16O.C5H12O/c1-3-4-5-6-7(2)8;1-4(2)5(3)6/h7-8H,3-6H2,1-2H3;4-6H,1-3H3. The molecule has 0 fully saturated rings. The maximum absolute atomic E-state index is 8.78. The Kier molecular flexibility index (Phi) is 12.8. The van der Waals surface area contributed by atoms with Crippen LogP contribution in [0, 0.1) is 5.92 Å². The lowest BCUT2D eigenvalue weighted by Gasteiger charge is -2.04. The zero-order valence-electron chi connectivity index (χ0n) is 10.5. The van der Waals surface area contributed by atoms with E-state index in [9.17, 15) is 0 Å². The zero-order valence-corrected chi connectivity index (χ0v) is 10.5. The summed E-state index contributed by atoms with van der Waals surface area (Å²) in [6.07, 6.45) is 4.39. The molecule has 0 amide bonds. The van der Waals surface area contributed by atoms with E-state index in [2.05, 4.69) is 6.92 Å². The molecule has 2 heteroatoms. The lowest BCUT2D eigenvalue weighted by Crippen LogP contribution is -2.07. The first kappa shape index (κ1) is 16.4. The average Bonchev–Trinajstić information content (AvgIpc) is 2.05. The van der Waals surface area contributed by atoms with Crippen LogP contribution in [0.4, 0.5) is 0 Å². The second-order valence-electron chi connectivity index (χ2n) is 4.33. The maximum Gasteiger partial charge on any atom is 0.0535 e. The molecule has 0 aliphatic heterocycles. The van der Waals surface area contributed by atoms with E-state index in [1.165, 1.54) is 19.3 Å². The molecule has 2 N–H and O–H groups in total. The molecule has 2 nitrogen and oxygen atoms in total. The summed E-state index contributed by atoms with van der Waals surface area (Å²) >= 11 is 0. The predicted molar refractivity (Wildman–Crippen MR) is 62.3 cm³/mol. The Labute approximate surface area is 89.3 Å². The lowest BCUT2D eigenvalue weighted by molar-refractivity contribution is 0.144. The molecule has 14 heavy (non-hydrogen) atoms. The summed E-state index contributed by atoms with van der Waals surface area (Å²) in [6, 6.07) is 0. The van der Waals surface area contributed by atoms with Crippen molar-refractivity contribution in [3.8, 4) is 0 Å². The molecular weight excluding hydrogens is 176 g/mol. The summed E-state index contributed by atoms with van der Waals surface area (Å²) in [4.78, 5) is 0. The van der Waals surface area contributed by atoms with E-state index in [1.807, 2.05) is 20.8 Å². The molecule has 0 rings (SSSR count). The third kappa shape index (κ3) is 17.9. The quantitative estimate of drug-likeness (QED) is 0.676. The van der Waals surface area contributed by atoms with Gasteiger partial charge in [0, 0.05) is 0 Å². The first-order chi connectivity index (χ1) is 6.41. The van der Waals surface area contributed by atoms with E-state index in [1.54, 1.807) is 6.92 Å². The van der Waals surface area contributed by atoms with Gasteiger partial charge in [-0.05, 0) is 26.2 Å². The smallest absolute Gasteiger partial charge is 0.0535 e. The van der Waals surface area contributed by atoms with E-state index in [4.69, 9.17) is 10.2 Å². The summed E-state index contributed by atoms with van der Waals surface area (Å²) in [6.45, 7) is 9.79. The lowest BCUT2D eigenvalue weighted by atomic mass is 10.1. The number of unbranched alkanes of at least 4 members (excludes halogenated alkanes) is 2. The molecule has 2 atom stereocenters. The molecule has 0 saturated carbocycles. The second kappa shape index (κ2) is 11.0. The van der Waals surface area contributed by atoms with Crippen LogP contribution in [0.1, 0.15) is 60.3 Å². The highest BCUT2D eigenvalue weighted by Crippen LogP contribution is 2.01. The molecule has 0 bridgehead atoms. The highest BCUT2D eigenvalue weighted by Gasteiger charge is 1.97.